The van der Waals surface area contributed by atoms with E-state index in [-0.39, 0.29) is 17.9 Å². The van der Waals surface area contributed by atoms with Gasteiger partial charge in [-0.2, -0.15) is 5.10 Å². The molecule has 0 aliphatic carbocycles. The summed E-state index contributed by atoms with van der Waals surface area (Å²) < 4.78 is 7.23. The van der Waals surface area contributed by atoms with E-state index in [0.29, 0.717) is 31.0 Å². The minimum Gasteiger partial charge on any atom is -0.444 e. The minimum absolute atomic E-state index is 0.0339. The molecule has 10 heteroatoms. The summed E-state index contributed by atoms with van der Waals surface area (Å²) in [6.07, 6.45) is 6.09. The molecular weight excluding hydrogens is 434 g/mol. The first kappa shape index (κ1) is 22.1. The molecule has 34 heavy (non-hydrogen) atoms. The van der Waals surface area contributed by atoms with E-state index in [1.165, 1.54) is 6.33 Å². The first-order valence-corrected chi connectivity index (χ1v) is 11.6. The lowest BCUT2D eigenvalue weighted by atomic mass is 10.1. The molecule has 0 radical (unpaired) electrons. The molecule has 1 atom stereocenters. The minimum atomic E-state index is -0.530. The van der Waals surface area contributed by atoms with Crippen LogP contribution in [0.4, 0.5) is 22.0 Å². The predicted octanol–water partition coefficient (Wildman–Crippen LogP) is 3.87. The van der Waals surface area contributed by atoms with Crippen LogP contribution in [0.5, 0.6) is 0 Å². The van der Waals surface area contributed by atoms with Crippen LogP contribution in [0.25, 0.3) is 5.65 Å². The van der Waals surface area contributed by atoms with E-state index in [4.69, 9.17) is 9.72 Å². The zero-order valence-corrected chi connectivity index (χ0v) is 19.7. The second kappa shape index (κ2) is 8.58. The number of ether oxygens (including phenoxy) is 1. The summed E-state index contributed by atoms with van der Waals surface area (Å²) in [6, 6.07) is 5.95. The van der Waals surface area contributed by atoms with Gasteiger partial charge in [0.25, 0.3) is 0 Å². The number of benzene rings is 1. The second-order valence-corrected chi connectivity index (χ2v) is 9.85. The van der Waals surface area contributed by atoms with Crippen LogP contribution in [-0.4, -0.2) is 55.2 Å². The van der Waals surface area contributed by atoms with Gasteiger partial charge in [0.15, 0.2) is 11.5 Å². The van der Waals surface area contributed by atoms with Crippen LogP contribution < -0.4 is 10.6 Å². The van der Waals surface area contributed by atoms with E-state index in [2.05, 4.69) is 20.7 Å². The number of nitrogens with zero attached hydrogens (tertiary/aromatic N) is 5. The fourth-order valence-electron chi connectivity index (χ4n) is 4.40. The third-order valence-electron chi connectivity index (χ3n) is 6.04. The summed E-state index contributed by atoms with van der Waals surface area (Å²) in [6.45, 7) is 6.75. The number of likely N-dealkylation sites (tertiary alicyclic amines) is 1. The van der Waals surface area contributed by atoms with E-state index in [0.717, 1.165) is 41.9 Å². The van der Waals surface area contributed by atoms with Gasteiger partial charge in [-0.05, 0) is 57.7 Å². The second-order valence-electron chi connectivity index (χ2n) is 9.85. The summed E-state index contributed by atoms with van der Waals surface area (Å²) >= 11 is 0. The molecule has 1 fully saturated rings. The lowest BCUT2D eigenvalue weighted by Gasteiger charge is -2.24. The first-order valence-electron chi connectivity index (χ1n) is 11.6. The molecule has 1 saturated heterocycles. The van der Waals surface area contributed by atoms with Gasteiger partial charge in [0, 0.05) is 36.8 Å². The number of hydrogen-bond donors (Lipinski definition) is 2. The summed E-state index contributed by atoms with van der Waals surface area (Å²) in [5, 5.41) is 10.7. The van der Waals surface area contributed by atoms with E-state index in [1.54, 1.807) is 9.42 Å². The number of carbonyl (C=O) groups is 2. The van der Waals surface area contributed by atoms with Gasteiger partial charge < -0.3 is 20.3 Å². The molecular formula is C24H29N7O3. The monoisotopic (exact) mass is 463 g/mol. The molecule has 1 aromatic carbocycles. The summed E-state index contributed by atoms with van der Waals surface area (Å²) in [5.74, 6) is 0.672. The number of rotatable bonds is 3. The SMILES string of the molecule is CC(C)(C)OC(=O)N1CCC(c2cn3ncnc3c(Nc3ccc4c(c3)NC(=O)CCC4)n2)C1. The van der Waals surface area contributed by atoms with Gasteiger partial charge in [-0.1, -0.05) is 6.07 Å². The van der Waals surface area contributed by atoms with Crippen LogP contribution >= 0.6 is 0 Å². The molecule has 3 aromatic rings. The van der Waals surface area contributed by atoms with Gasteiger partial charge in [-0.15, -0.1) is 0 Å². The first-order chi connectivity index (χ1) is 16.2. The van der Waals surface area contributed by atoms with Crippen molar-refractivity contribution < 1.29 is 14.3 Å². The molecule has 0 bridgehead atoms. The number of amides is 2. The normalized spacial score (nSPS) is 18.4. The Hall–Kier alpha value is -3.69. The van der Waals surface area contributed by atoms with Crippen molar-refractivity contribution >= 4 is 34.8 Å². The molecule has 2 aliphatic rings. The quantitative estimate of drug-likeness (QED) is 0.606. The number of anilines is 3. The third kappa shape index (κ3) is 4.66. The van der Waals surface area contributed by atoms with Crippen molar-refractivity contribution in [2.45, 2.75) is 58.0 Å². The van der Waals surface area contributed by atoms with Crippen molar-refractivity contribution in [1.82, 2.24) is 24.5 Å². The van der Waals surface area contributed by atoms with Crippen molar-refractivity contribution in [3.63, 3.8) is 0 Å². The average molecular weight is 464 g/mol. The smallest absolute Gasteiger partial charge is 0.410 e. The number of aromatic nitrogens is 4. The fourth-order valence-corrected chi connectivity index (χ4v) is 4.40. The topological polar surface area (TPSA) is 114 Å². The van der Waals surface area contributed by atoms with Crippen molar-refractivity contribution in [3.05, 3.63) is 42.0 Å². The average Bonchev–Trinajstić information content (AvgIpc) is 3.40. The van der Waals surface area contributed by atoms with Crippen LogP contribution in [0.2, 0.25) is 0 Å². The lowest BCUT2D eigenvalue weighted by Crippen LogP contribution is -2.35. The highest BCUT2D eigenvalue weighted by atomic mass is 16.6. The Kier molecular flexibility index (Phi) is 5.59. The summed E-state index contributed by atoms with van der Waals surface area (Å²) in [4.78, 5) is 35.4. The fraction of sp³-hybridized carbons (Fsp3) is 0.458. The Balaban J connectivity index is 1.39. The van der Waals surface area contributed by atoms with Gasteiger partial charge in [0.2, 0.25) is 5.91 Å². The Morgan fingerprint density at radius 1 is 1.26 bits per heavy atom. The van der Waals surface area contributed by atoms with E-state index in [9.17, 15) is 9.59 Å². The standard InChI is InChI=1S/C24H29N7O3/c1-24(2,3)34-23(33)30-10-9-16(12-30)19-13-31-22(25-14-26-31)21(29-19)27-17-8-7-15-5-4-6-20(32)28-18(15)11-17/h7-8,11,13-14,16H,4-6,9-10,12H2,1-3H3,(H,27,29)(H,28,32). The van der Waals surface area contributed by atoms with Gasteiger partial charge in [-0.25, -0.2) is 19.3 Å². The van der Waals surface area contributed by atoms with Crippen LogP contribution in [0.1, 0.15) is 57.2 Å². The van der Waals surface area contributed by atoms with Gasteiger partial charge >= 0.3 is 6.09 Å². The highest BCUT2D eigenvalue weighted by Crippen LogP contribution is 2.31. The van der Waals surface area contributed by atoms with E-state index >= 15 is 0 Å². The Morgan fingerprint density at radius 3 is 2.94 bits per heavy atom. The molecule has 2 N–H and O–H groups in total. The maximum absolute atomic E-state index is 12.5. The molecule has 0 spiro atoms. The van der Waals surface area contributed by atoms with Gasteiger partial charge in [0.1, 0.15) is 11.9 Å². The predicted molar refractivity (Wildman–Crippen MR) is 127 cm³/mol. The highest BCUT2D eigenvalue weighted by molar-refractivity contribution is 5.93. The summed E-state index contributed by atoms with van der Waals surface area (Å²) in [7, 11) is 0. The molecule has 1 unspecified atom stereocenters. The number of fused-ring (bicyclic) bond motifs is 2. The number of nitrogens with one attached hydrogen (secondary N) is 2. The molecule has 0 saturated carbocycles. The molecule has 2 amide bonds. The largest absolute Gasteiger partial charge is 0.444 e. The maximum Gasteiger partial charge on any atom is 0.410 e. The Bertz CT molecular complexity index is 1250. The zero-order valence-electron chi connectivity index (χ0n) is 19.7. The highest BCUT2D eigenvalue weighted by Gasteiger charge is 2.32. The third-order valence-corrected chi connectivity index (χ3v) is 6.04. The maximum atomic E-state index is 12.5. The molecule has 2 aliphatic heterocycles. The van der Waals surface area contributed by atoms with Gasteiger partial charge in [-0.3, -0.25) is 4.79 Å². The Labute approximate surface area is 197 Å². The van der Waals surface area contributed by atoms with E-state index in [1.807, 2.05) is 45.2 Å². The molecule has 10 nitrogen and oxygen atoms in total. The molecule has 178 valence electrons. The van der Waals surface area contributed by atoms with Crippen LogP contribution in [0.15, 0.2) is 30.7 Å². The van der Waals surface area contributed by atoms with Gasteiger partial charge in [0.05, 0.1) is 11.9 Å². The lowest BCUT2D eigenvalue weighted by molar-refractivity contribution is -0.116. The van der Waals surface area contributed by atoms with Crippen molar-refractivity contribution in [2.75, 3.05) is 23.7 Å². The van der Waals surface area contributed by atoms with Crippen LogP contribution in [0, 0.1) is 0 Å². The number of hydrogen-bond acceptors (Lipinski definition) is 7. The van der Waals surface area contributed by atoms with Crippen molar-refractivity contribution in [3.8, 4) is 0 Å². The van der Waals surface area contributed by atoms with Crippen molar-refractivity contribution in [1.29, 1.82) is 0 Å². The van der Waals surface area contributed by atoms with Crippen LogP contribution in [-0.2, 0) is 16.0 Å². The number of carbonyl (C=O) groups excluding carboxylic acids is 2. The summed E-state index contributed by atoms with van der Waals surface area (Å²) in [5.41, 5.74) is 3.65. The van der Waals surface area contributed by atoms with E-state index < -0.39 is 5.60 Å². The van der Waals surface area contributed by atoms with Crippen LogP contribution in [0.3, 0.4) is 0 Å². The molecule has 5 rings (SSSR count). The van der Waals surface area contributed by atoms with Crippen molar-refractivity contribution in [2.24, 2.45) is 0 Å². The zero-order chi connectivity index (χ0) is 23.9. The Morgan fingerprint density at radius 2 is 2.12 bits per heavy atom. The molecule has 2 aromatic heterocycles. The number of aryl methyl sites for hydroxylation is 1. The molecule has 4 heterocycles.